The minimum Gasteiger partial charge on any atom is -0.336 e. The van der Waals surface area contributed by atoms with Gasteiger partial charge in [0.25, 0.3) is 0 Å². The van der Waals surface area contributed by atoms with Gasteiger partial charge in [0, 0.05) is 31.2 Å². The van der Waals surface area contributed by atoms with Gasteiger partial charge in [-0.15, -0.1) is 0 Å². The Morgan fingerprint density at radius 3 is 1.76 bits per heavy atom. The molecule has 6 heteroatoms. The standard InChI is InChI=1S/C15H32N4O2/c1-10(2)16-14(20)17-12(5)8-9-13(6)18-15(21)19(7)11(3)4/h10-13H,8-9H2,1-7H3,(H,18,21)(H2,16,17,20). The van der Waals surface area contributed by atoms with E-state index >= 15 is 0 Å². The van der Waals surface area contributed by atoms with Gasteiger partial charge >= 0.3 is 12.1 Å². The lowest BCUT2D eigenvalue weighted by Gasteiger charge is -2.25. The Morgan fingerprint density at radius 1 is 0.857 bits per heavy atom. The van der Waals surface area contributed by atoms with Crippen LogP contribution in [0.3, 0.4) is 0 Å². The summed E-state index contributed by atoms with van der Waals surface area (Å²) in [5, 5.41) is 8.64. The molecule has 0 aromatic heterocycles. The van der Waals surface area contributed by atoms with E-state index in [-0.39, 0.29) is 36.2 Å². The molecule has 21 heavy (non-hydrogen) atoms. The van der Waals surface area contributed by atoms with Crippen LogP contribution in [0.5, 0.6) is 0 Å². The molecule has 0 aliphatic rings. The summed E-state index contributed by atoms with van der Waals surface area (Å²) in [7, 11) is 1.78. The Labute approximate surface area is 129 Å². The van der Waals surface area contributed by atoms with Crippen molar-refractivity contribution in [3.8, 4) is 0 Å². The second kappa shape index (κ2) is 9.47. The summed E-state index contributed by atoms with van der Waals surface area (Å²) in [5.41, 5.74) is 0. The van der Waals surface area contributed by atoms with Crippen LogP contribution in [-0.4, -0.2) is 48.2 Å². The van der Waals surface area contributed by atoms with Gasteiger partial charge < -0.3 is 20.9 Å². The molecule has 2 atom stereocenters. The molecule has 0 radical (unpaired) electrons. The fourth-order valence-electron chi connectivity index (χ4n) is 1.72. The molecule has 0 aromatic rings. The molecule has 2 unspecified atom stereocenters. The molecule has 0 spiro atoms. The molecule has 0 aliphatic carbocycles. The Balaban J connectivity index is 3.99. The number of hydrogen-bond donors (Lipinski definition) is 3. The molecule has 0 fully saturated rings. The lowest BCUT2D eigenvalue weighted by Crippen LogP contribution is -2.46. The first-order valence-corrected chi connectivity index (χ1v) is 7.73. The zero-order valence-electron chi connectivity index (χ0n) is 14.5. The number of carbonyl (C=O) groups excluding carboxylic acids is 2. The second-order valence-electron chi connectivity index (χ2n) is 6.31. The maximum Gasteiger partial charge on any atom is 0.317 e. The maximum absolute atomic E-state index is 11.9. The minimum atomic E-state index is -0.145. The van der Waals surface area contributed by atoms with Crippen LogP contribution in [0.15, 0.2) is 0 Å². The zero-order valence-corrected chi connectivity index (χ0v) is 14.5. The zero-order chi connectivity index (χ0) is 16.6. The third-order valence-electron chi connectivity index (χ3n) is 3.29. The van der Waals surface area contributed by atoms with Crippen LogP contribution in [0.2, 0.25) is 0 Å². The lowest BCUT2D eigenvalue weighted by molar-refractivity contribution is 0.193. The summed E-state index contributed by atoms with van der Waals surface area (Å²) in [5.74, 6) is 0. The molecule has 0 bridgehead atoms. The molecule has 0 rings (SSSR count). The normalized spacial score (nSPS) is 13.8. The summed E-state index contributed by atoms with van der Waals surface area (Å²) < 4.78 is 0. The van der Waals surface area contributed by atoms with Crippen LogP contribution in [-0.2, 0) is 0 Å². The molecule has 4 amide bonds. The highest BCUT2D eigenvalue weighted by atomic mass is 16.2. The van der Waals surface area contributed by atoms with Crippen LogP contribution in [0.25, 0.3) is 0 Å². The topological polar surface area (TPSA) is 73.5 Å². The molecule has 0 aromatic carbocycles. The number of nitrogens with zero attached hydrogens (tertiary/aromatic N) is 1. The van der Waals surface area contributed by atoms with Crippen molar-refractivity contribution in [2.75, 3.05) is 7.05 Å². The Morgan fingerprint density at radius 2 is 1.33 bits per heavy atom. The van der Waals surface area contributed by atoms with Crippen molar-refractivity contribution in [1.82, 2.24) is 20.9 Å². The number of nitrogens with one attached hydrogen (secondary N) is 3. The van der Waals surface area contributed by atoms with E-state index in [0.29, 0.717) is 0 Å². The van der Waals surface area contributed by atoms with Crippen LogP contribution >= 0.6 is 0 Å². The third-order valence-corrected chi connectivity index (χ3v) is 3.29. The highest BCUT2D eigenvalue weighted by molar-refractivity contribution is 5.74. The molecular formula is C15H32N4O2. The Hall–Kier alpha value is -1.46. The molecule has 0 aliphatic heterocycles. The van der Waals surface area contributed by atoms with Crippen molar-refractivity contribution in [3.63, 3.8) is 0 Å². The molecule has 124 valence electrons. The second-order valence-corrected chi connectivity index (χ2v) is 6.31. The highest BCUT2D eigenvalue weighted by Crippen LogP contribution is 2.03. The number of carbonyl (C=O) groups is 2. The van der Waals surface area contributed by atoms with E-state index in [0.717, 1.165) is 12.8 Å². The van der Waals surface area contributed by atoms with Crippen LogP contribution in [0.4, 0.5) is 9.59 Å². The summed E-state index contributed by atoms with van der Waals surface area (Å²) >= 11 is 0. The minimum absolute atomic E-state index is 0.0596. The summed E-state index contributed by atoms with van der Waals surface area (Å²) in [4.78, 5) is 25.1. The van der Waals surface area contributed by atoms with Gasteiger partial charge in [0.1, 0.15) is 0 Å². The Bertz CT molecular complexity index is 332. The van der Waals surface area contributed by atoms with E-state index in [1.165, 1.54) is 0 Å². The average molecular weight is 300 g/mol. The van der Waals surface area contributed by atoms with Gasteiger partial charge in [-0.05, 0) is 54.4 Å². The first-order chi connectivity index (χ1) is 9.63. The van der Waals surface area contributed by atoms with Crippen LogP contribution in [0.1, 0.15) is 54.4 Å². The largest absolute Gasteiger partial charge is 0.336 e. The predicted octanol–water partition coefficient (Wildman–Crippen LogP) is 2.30. The van der Waals surface area contributed by atoms with E-state index < -0.39 is 0 Å². The van der Waals surface area contributed by atoms with Gasteiger partial charge in [0.05, 0.1) is 0 Å². The van der Waals surface area contributed by atoms with Gasteiger partial charge in [0.2, 0.25) is 0 Å². The van der Waals surface area contributed by atoms with Crippen LogP contribution < -0.4 is 16.0 Å². The van der Waals surface area contributed by atoms with Gasteiger partial charge in [0.15, 0.2) is 0 Å². The van der Waals surface area contributed by atoms with Crippen LogP contribution in [0, 0.1) is 0 Å². The van der Waals surface area contributed by atoms with Crippen molar-refractivity contribution in [3.05, 3.63) is 0 Å². The highest BCUT2D eigenvalue weighted by Gasteiger charge is 2.15. The third kappa shape index (κ3) is 9.15. The molecule has 0 saturated carbocycles. The quantitative estimate of drug-likeness (QED) is 0.675. The first kappa shape index (κ1) is 19.5. The molecular weight excluding hydrogens is 268 g/mol. The maximum atomic E-state index is 11.9. The van der Waals surface area contributed by atoms with Crippen molar-refractivity contribution >= 4 is 12.1 Å². The number of urea groups is 2. The molecule has 6 nitrogen and oxygen atoms in total. The monoisotopic (exact) mass is 300 g/mol. The van der Waals surface area contributed by atoms with Crippen molar-refractivity contribution in [2.24, 2.45) is 0 Å². The van der Waals surface area contributed by atoms with Gasteiger partial charge in [-0.2, -0.15) is 0 Å². The first-order valence-electron chi connectivity index (χ1n) is 7.73. The summed E-state index contributed by atoms with van der Waals surface area (Å²) in [6.07, 6.45) is 1.64. The summed E-state index contributed by atoms with van der Waals surface area (Å²) in [6.45, 7) is 11.7. The summed E-state index contributed by atoms with van der Waals surface area (Å²) in [6, 6.07) is 0.255. The van der Waals surface area contributed by atoms with E-state index in [2.05, 4.69) is 16.0 Å². The number of hydrogen-bond acceptors (Lipinski definition) is 2. The van der Waals surface area contributed by atoms with E-state index in [9.17, 15) is 9.59 Å². The van der Waals surface area contributed by atoms with Gasteiger partial charge in [-0.25, -0.2) is 9.59 Å². The van der Waals surface area contributed by atoms with Crippen molar-refractivity contribution < 1.29 is 9.59 Å². The Kier molecular flexibility index (Phi) is 8.81. The average Bonchev–Trinajstić information content (AvgIpc) is 2.33. The van der Waals surface area contributed by atoms with Crippen molar-refractivity contribution in [2.45, 2.75) is 78.6 Å². The molecule has 3 N–H and O–H groups in total. The van der Waals surface area contributed by atoms with Crippen molar-refractivity contribution in [1.29, 1.82) is 0 Å². The smallest absolute Gasteiger partial charge is 0.317 e. The van der Waals surface area contributed by atoms with E-state index in [1.54, 1.807) is 11.9 Å². The predicted molar refractivity (Wildman–Crippen MR) is 86.4 cm³/mol. The molecule has 0 saturated heterocycles. The molecule has 0 heterocycles. The van der Waals surface area contributed by atoms with E-state index in [1.807, 2.05) is 41.5 Å². The SMILES string of the molecule is CC(C)NC(=O)NC(C)CCC(C)NC(=O)N(C)C(C)C. The lowest BCUT2D eigenvalue weighted by atomic mass is 10.1. The fourth-order valence-corrected chi connectivity index (χ4v) is 1.72. The fraction of sp³-hybridized carbons (Fsp3) is 0.867. The number of rotatable bonds is 7. The van der Waals surface area contributed by atoms with Gasteiger partial charge in [-0.1, -0.05) is 0 Å². The van der Waals surface area contributed by atoms with E-state index in [4.69, 9.17) is 0 Å². The number of amides is 4. The van der Waals surface area contributed by atoms with Gasteiger partial charge in [-0.3, -0.25) is 0 Å².